The lowest BCUT2D eigenvalue weighted by atomic mass is 10.2. The van der Waals surface area contributed by atoms with Crippen LogP contribution in [0.15, 0.2) is 23.2 Å². The second-order valence-corrected chi connectivity index (χ2v) is 7.89. The van der Waals surface area contributed by atoms with Gasteiger partial charge in [0, 0.05) is 52.1 Å². The number of nitrogens with one attached hydrogen (secondary N) is 2. The molecule has 0 aliphatic carbocycles. The Labute approximate surface area is 175 Å². The lowest BCUT2D eigenvalue weighted by Crippen LogP contribution is -2.45. The Kier molecular flexibility index (Phi) is 6.44. The Bertz CT molecular complexity index is 875. The second kappa shape index (κ2) is 9.40. The molecule has 9 heteroatoms. The second-order valence-electron chi connectivity index (χ2n) is 7.89. The van der Waals surface area contributed by atoms with Crippen molar-refractivity contribution in [3.8, 4) is 0 Å². The van der Waals surface area contributed by atoms with Gasteiger partial charge < -0.3 is 20.1 Å². The molecule has 7 nitrogen and oxygen atoms in total. The van der Waals surface area contributed by atoms with Crippen molar-refractivity contribution in [3.05, 3.63) is 41.5 Å². The molecule has 4 rings (SSSR count). The lowest BCUT2D eigenvalue weighted by Gasteiger charge is -2.21. The minimum atomic E-state index is -0.523. The molecule has 0 saturated carbocycles. The molecule has 1 fully saturated rings. The van der Waals surface area contributed by atoms with Crippen molar-refractivity contribution in [2.75, 3.05) is 31.6 Å². The van der Waals surface area contributed by atoms with Crippen LogP contribution in [0.5, 0.6) is 0 Å². The molecular formula is C21H29F2N7. The molecule has 1 aromatic carbocycles. The Morgan fingerprint density at radius 1 is 1.17 bits per heavy atom. The fourth-order valence-electron chi connectivity index (χ4n) is 4.28. The number of nitrogens with zero attached hydrogens (tertiary/aromatic N) is 5. The van der Waals surface area contributed by atoms with Crippen LogP contribution in [0.25, 0.3) is 0 Å². The summed E-state index contributed by atoms with van der Waals surface area (Å²) in [5.41, 5.74) is 0.0530. The van der Waals surface area contributed by atoms with E-state index >= 15 is 0 Å². The maximum atomic E-state index is 14.1. The maximum Gasteiger partial charge on any atom is 0.191 e. The summed E-state index contributed by atoms with van der Waals surface area (Å²) >= 11 is 0. The third-order valence-corrected chi connectivity index (χ3v) is 5.83. The number of fused-ring (bicyclic) bond motifs is 1. The summed E-state index contributed by atoms with van der Waals surface area (Å²) in [6.45, 7) is 2.81. The van der Waals surface area contributed by atoms with Gasteiger partial charge in [0.1, 0.15) is 29.0 Å². The highest BCUT2D eigenvalue weighted by atomic mass is 19.1. The Balaban J connectivity index is 1.28. The minimum Gasteiger partial charge on any atom is -0.365 e. The first-order chi connectivity index (χ1) is 14.7. The van der Waals surface area contributed by atoms with Crippen molar-refractivity contribution in [2.24, 2.45) is 4.99 Å². The highest BCUT2D eigenvalue weighted by Crippen LogP contribution is 2.26. The third-order valence-electron chi connectivity index (χ3n) is 5.83. The number of aliphatic imine (C=N–C) groups is 1. The molecule has 1 saturated heterocycles. The number of guanidine groups is 1. The van der Waals surface area contributed by atoms with E-state index in [9.17, 15) is 8.78 Å². The Morgan fingerprint density at radius 2 is 2.00 bits per heavy atom. The topological polar surface area (TPSA) is 70.4 Å². The van der Waals surface area contributed by atoms with E-state index in [0.717, 1.165) is 37.5 Å². The molecule has 0 radical (unpaired) electrons. The zero-order valence-corrected chi connectivity index (χ0v) is 17.4. The number of aromatic nitrogens is 3. The number of aryl methyl sites for hydroxylation is 1. The van der Waals surface area contributed by atoms with E-state index < -0.39 is 11.6 Å². The molecule has 3 heterocycles. The first-order valence-electron chi connectivity index (χ1n) is 10.7. The van der Waals surface area contributed by atoms with E-state index in [1.165, 1.54) is 37.5 Å². The van der Waals surface area contributed by atoms with Crippen molar-refractivity contribution in [3.63, 3.8) is 0 Å². The van der Waals surface area contributed by atoms with Gasteiger partial charge in [0.25, 0.3) is 0 Å². The Hall–Kier alpha value is -2.71. The van der Waals surface area contributed by atoms with Gasteiger partial charge >= 0.3 is 0 Å². The summed E-state index contributed by atoms with van der Waals surface area (Å²) in [6.07, 6.45) is 6.16. The molecule has 0 spiro atoms. The van der Waals surface area contributed by atoms with Crippen molar-refractivity contribution in [2.45, 2.75) is 51.1 Å². The SMILES string of the molecule is CN=C(NCCc1nnc2n1CCCCC2)NC1CCN(c2c(F)cccc2F)C1. The molecule has 2 aliphatic rings. The summed E-state index contributed by atoms with van der Waals surface area (Å²) in [5.74, 6) is 1.75. The van der Waals surface area contributed by atoms with Crippen LogP contribution >= 0.6 is 0 Å². The van der Waals surface area contributed by atoms with Crippen molar-refractivity contribution in [1.29, 1.82) is 0 Å². The standard InChI is InChI=1S/C21H29F2N7/c1-24-21(25-11-9-19-28-27-18-8-3-2-4-12-30(18)19)26-15-10-13-29(14-15)20-16(22)6-5-7-17(20)23/h5-7,15H,2-4,8-14H2,1H3,(H2,24,25,26). The lowest BCUT2D eigenvalue weighted by molar-refractivity contribution is 0.575. The average molecular weight is 418 g/mol. The molecule has 30 heavy (non-hydrogen) atoms. The van der Waals surface area contributed by atoms with Gasteiger partial charge in [-0.05, 0) is 31.4 Å². The van der Waals surface area contributed by atoms with E-state index in [4.69, 9.17) is 0 Å². The molecule has 2 N–H and O–H groups in total. The molecule has 0 amide bonds. The van der Waals surface area contributed by atoms with Crippen LogP contribution in [-0.2, 0) is 19.4 Å². The number of benzene rings is 1. The van der Waals surface area contributed by atoms with E-state index in [-0.39, 0.29) is 11.7 Å². The fourth-order valence-corrected chi connectivity index (χ4v) is 4.28. The number of rotatable bonds is 5. The number of halogens is 2. The summed E-state index contributed by atoms with van der Waals surface area (Å²) in [5, 5.41) is 15.4. The van der Waals surface area contributed by atoms with Crippen LogP contribution < -0.4 is 15.5 Å². The summed E-state index contributed by atoms with van der Waals surface area (Å²) in [6, 6.07) is 4.05. The smallest absolute Gasteiger partial charge is 0.191 e. The fraction of sp³-hybridized carbons (Fsp3) is 0.571. The average Bonchev–Trinajstić information content (AvgIpc) is 3.27. The zero-order chi connectivity index (χ0) is 20.9. The quantitative estimate of drug-likeness (QED) is 0.577. The normalized spacial score (nSPS) is 19.5. The highest BCUT2D eigenvalue weighted by Gasteiger charge is 2.27. The first kappa shape index (κ1) is 20.6. The number of hydrogen-bond acceptors (Lipinski definition) is 4. The van der Waals surface area contributed by atoms with Gasteiger partial charge in [-0.1, -0.05) is 12.5 Å². The minimum absolute atomic E-state index is 0.0530. The van der Waals surface area contributed by atoms with Gasteiger partial charge in [-0.2, -0.15) is 0 Å². The van der Waals surface area contributed by atoms with Crippen LogP contribution in [0.2, 0.25) is 0 Å². The van der Waals surface area contributed by atoms with Gasteiger partial charge in [0.2, 0.25) is 0 Å². The predicted molar refractivity (Wildman–Crippen MR) is 113 cm³/mol. The first-order valence-corrected chi connectivity index (χ1v) is 10.7. The van der Waals surface area contributed by atoms with E-state index in [0.29, 0.717) is 25.6 Å². The van der Waals surface area contributed by atoms with Gasteiger partial charge in [-0.15, -0.1) is 10.2 Å². The van der Waals surface area contributed by atoms with Crippen molar-refractivity contribution < 1.29 is 8.78 Å². The molecule has 0 bridgehead atoms. The Morgan fingerprint density at radius 3 is 2.80 bits per heavy atom. The third kappa shape index (κ3) is 4.55. The molecule has 1 unspecified atom stereocenters. The number of anilines is 1. The maximum absolute atomic E-state index is 14.1. The van der Waals surface area contributed by atoms with Crippen LogP contribution in [0.1, 0.15) is 37.3 Å². The molecule has 1 atom stereocenters. The van der Waals surface area contributed by atoms with Crippen molar-refractivity contribution >= 4 is 11.6 Å². The monoisotopic (exact) mass is 417 g/mol. The molecule has 2 aliphatic heterocycles. The zero-order valence-electron chi connectivity index (χ0n) is 17.4. The van der Waals surface area contributed by atoms with Gasteiger partial charge in [0.05, 0.1) is 0 Å². The largest absolute Gasteiger partial charge is 0.365 e. The number of para-hydroxylation sites is 1. The van der Waals surface area contributed by atoms with Gasteiger partial charge in [0.15, 0.2) is 5.96 Å². The summed E-state index contributed by atoms with van der Waals surface area (Å²) in [7, 11) is 1.72. The van der Waals surface area contributed by atoms with Crippen LogP contribution in [0.3, 0.4) is 0 Å². The molecule has 2 aromatic rings. The van der Waals surface area contributed by atoms with Crippen molar-refractivity contribution in [1.82, 2.24) is 25.4 Å². The van der Waals surface area contributed by atoms with E-state index in [2.05, 4.69) is 30.4 Å². The van der Waals surface area contributed by atoms with E-state index in [1.54, 1.807) is 11.9 Å². The van der Waals surface area contributed by atoms with E-state index in [1.807, 2.05) is 0 Å². The predicted octanol–water partition coefficient (Wildman–Crippen LogP) is 2.27. The van der Waals surface area contributed by atoms with Crippen LogP contribution in [0.4, 0.5) is 14.5 Å². The molecular weight excluding hydrogens is 388 g/mol. The summed E-state index contributed by atoms with van der Waals surface area (Å²) < 4.78 is 30.4. The molecule has 162 valence electrons. The van der Waals surface area contributed by atoms with Gasteiger partial charge in [-0.25, -0.2) is 8.78 Å². The molecule has 1 aromatic heterocycles. The van der Waals surface area contributed by atoms with Crippen LogP contribution in [0, 0.1) is 11.6 Å². The number of hydrogen-bond donors (Lipinski definition) is 2. The summed E-state index contributed by atoms with van der Waals surface area (Å²) in [4.78, 5) is 6.04. The highest BCUT2D eigenvalue weighted by molar-refractivity contribution is 5.80. The van der Waals surface area contributed by atoms with Gasteiger partial charge in [-0.3, -0.25) is 4.99 Å². The van der Waals surface area contributed by atoms with Crippen LogP contribution in [-0.4, -0.2) is 53.4 Å².